The summed E-state index contributed by atoms with van der Waals surface area (Å²) in [4.78, 5) is 15.1. The fourth-order valence-corrected chi connectivity index (χ4v) is 2.16. The Labute approximate surface area is 100 Å². The third kappa shape index (κ3) is 2.81. The highest BCUT2D eigenvalue weighted by molar-refractivity contribution is 5.68. The minimum Gasteiger partial charge on any atom is -0.481 e. The van der Waals surface area contributed by atoms with Crippen LogP contribution in [0.2, 0.25) is 0 Å². The highest BCUT2D eigenvalue weighted by Crippen LogP contribution is 2.21. The van der Waals surface area contributed by atoms with Gasteiger partial charge in [-0.15, -0.1) is 0 Å². The molecule has 0 bridgehead atoms. The van der Waals surface area contributed by atoms with Gasteiger partial charge >= 0.3 is 5.97 Å². The number of carboxylic acids is 1. The maximum absolute atomic E-state index is 10.8. The van der Waals surface area contributed by atoms with E-state index in [0.717, 1.165) is 5.69 Å². The average molecular weight is 235 g/mol. The second-order valence-corrected chi connectivity index (χ2v) is 4.58. The first-order chi connectivity index (χ1) is 8.11. The molecule has 17 heavy (non-hydrogen) atoms. The van der Waals surface area contributed by atoms with Crippen molar-refractivity contribution >= 4 is 5.97 Å². The molecule has 0 radical (unpaired) electrons. The first-order valence-electron chi connectivity index (χ1n) is 5.72. The molecule has 0 saturated carbocycles. The van der Waals surface area contributed by atoms with Gasteiger partial charge in [-0.3, -0.25) is 9.78 Å². The number of pyridine rings is 1. The van der Waals surface area contributed by atoms with Gasteiger partial charge in [0.2, 0.25) is 0 Å². The summed E-state index contributed by atoms with van der Waals surface area (Å²) >= 11 is 0. The Bertz CT molecular complexity index is 390. The predicted octanol–water partition coefficient (Wildman–Crippen LogP) is 0.549. The Kier molecular flexibility index (Phi) is 3.40. The van der Waals surface area contributed by atoms with Gasteiger partial charge in [-0.25, -0.2) is 0 Å². The maximum Gasteiger partial charge on any atom is 0.305 e. The molecule has 0 unspecified atom stereocenters. The Morgan fingerprint density at radius 1 is 1.65 bits per heavy atom. The van der Waals surface area contributed by atoms with E-state index in [1.807, 2.05) is 25.1 Å². The van der Waals surface area contributed by atoms with Crippen molar-refractivity contribution in [3.05, 3.63) is 30.1 Å². The van der Waals surface area contributed by atoms with E-state index in [0.29, 0.717) is 13.1 Å². The van der Waals surface area contributed by atoms with Crippen LogP contribution in [-0.2, 0) is 4.79 Å². The Morgan fingerprint density at radius 2 is 2.41 bits per heavy atom. The third-order valence-electron chi connectivity index (χ3n) is 3.07. The van der Waals surface area contributed by atoms with E-state index in [-0.39, 0.29) is 18.0 Å². The molecule has 0 amide bonds. The molecule has 92 valence electrons. The number of carboxylic acid groups (broad SMARTS) is 1. The van der Waals surface area contributed by atoms with Crippen molar-refractivity contribution in [3.8, 4) is 0 Å². The molecule has 1 aliphatic heterocycles. The van der Waals surface area contributed by atoms with Crippen LogP contribution in [0.5, 0.6) is 0 Å². The van der Waals surface area contributed by atoms with Crippen molar-refractivity contribution in [3.63, 3.8) is 0 Å². The monoisotopic (exact) mass is 235 g/mol. The molecule has 1 aromatic rings. The quantitative estimate of drug-likeness (QED) is 0.695. The lowest BCUT2D eigenvalue weighted by atomic mass is 9.87. The number of nitrogens with zero attached hydrogens (tertiary/aromatic N) is 1. The van der Waals surface area contributed by atoms with E-state index in [4.69, 9.17) is 5.11 Å². The van der Waals surface area contributed by atoms with Crippen LogP contribution in [0.25, 0.3) is 0 Å². The molecular weight excluding hydrogens is 218 g/mol. The molecule has 1 fully saturated rings. The van der Waals surface area contributed by atoms with Crippen molar-refractivity contribution < 1.29 is 9.90 Å². The molecule has 2 rings (SSSR count). The Balaban J connectivity index is 2.02. The van der Waals surface area contributed by atoms with E-state index in [9.17, 15) is 4.79 Å². The second kappa shape index (κ2) is 4.81. The number of aliphatic carboxylic acids is 1. The maximum atomic E-state index is 10.8. The van der Waals surface area contributed by atoms with Crippen LogP contribution in [0.15, 0.2) is 24.4 Å². The number of hydrogen-bond acceptors (Lipinski definition) is 4. The summed E-state index contributed by atoms with van der Waals surface area (Å²) in [6, 6.07) is 5.80. The van der Waals surface area contributed by atoms with Gasteiger partial charge in [0.25, 0.3) is 0 Å². The zero-order chi connectivity index (χ0) is 12.3. The number of aromatic nitrogens is 1. The van der Waals surface area contributed by atoms with E-state index in [2.05, 4.69) is 15.6 Å². The Morgan fingerprint density at radius 3 is 2.88 bits per heavy atom. The molecule has 3 N–H and O–H groups in total. The number of nitrogens with one attached hydrogen (secondary N) is 2. The Hall–Kier alpha value is -1.46. The van der Waals surface area contributed by atoms with Crippen LogP contribution in [0.1, 0.15) is 25.1 Å². The normalized spacial score (nSPS) is 19.4. The molecule has 5 nitrogen and oxygen atoms in total. The summed E-state index contributed by atoms with van der Waals surface area (Å²) in [6.07, 6.45) is 1.88. The SMILES string of the molecule is C[C@H](NC1(CC(=O)O)CNC1)c1ccccn1. The van der Waals surface area contributed by atoms with Gasteiger partial charge in [-0.05, 0) is 19.1 Å². The molecular formula is C12H17N3O2. The van der Waals surface area contributed by atoms with Crippen molar-refractivity contribution in [1.29, 1.82) is 0 Å². The minimum absolute atomic E-state index is 0.0534. The molecule has 1 aliphatic rings. The summed E-state index contributed by atoms with van der Waals surface area (Å²) < 4.78 is 0. The van der Waals surface area contributed by atoms with Gasteiger partial charge in [0.05, 0.1) is 17.7 Å². The standard InChI is InChI=1S/C12H17N3O2/c1-9(10-4-2-3-5-14-10)15-12(6-11(16)17)7-13-8-12/h2-5,9,13,15H,6-8H2,1H3,(H,16,17)/t9-/m0/s1. The van der Waals surface area contributed by atoms with E-state index in [1.165, 1.54) is 0 Å². The zero-order valence-electron chi connectivity index (χ0n) is 9.81. The van der Waals surface area contributed by atoms with Gasteiger partial charge < -0.3 is 15.7 Å². The van der Waals surface area contributed by atoms with E-state index in [1.54, 1.807) is 6.20 Å². The molecule has 1 atom stereocenters. The van der Waals surface area contributed by atoms with Gasteiger partial charge in [-0.2, -0.15) is 0 Å². The number of carbonyl (C=O) groups is 1. The fraction of sp³-hybridized carbons (Fsp3) is 0.500. The van der Waals surface area contributed by atoms with E-state index < -0.39 is 5.97 Å². The van der Waals surface area contributed by atoms with Gasteiger partial charge in [0.15, 0.2) is 0 Å². The van der Waals surface area contributed by atoms with Crippen molar-refractivity contribution in [2.75, 3.05) is 13.1 Å². The molecule has 0 aromatic carbocycles. The van der Waals surface area contributed by atoms with Crippen LogP contribution in [0, 0.1) is 0 Å². The molecule has 0 spiro atoms. The fourth-order valence-electron chi connectivity index (χ4n) is 2.16. The van der Waals surface area contributed by atoms with Crippen molar-refractivity contribution in [2.24, 2.45) is 0 Å². The first-order valence-corrected chi connectivity index (χ1v) is 5.72. The first kappa shape index (κ1) is 12.0. The summed E-state index contributed by atoms with van der Waals surface area (Å²) in [5.41, 5.74) is 0.604. The van der Waals surface area contributed by atoms with Gasteiger partial charge in [-0.1, -0.05) is 6.07 Å². The second-order valence-electron chi connectivity index (χ2n) is 4.58. The molecule has 1 aromatic heterocycles. The molecule has 5 heteroatoms. The lowest BCUT2D eigenvalue weighted by molar-refractivity contribution is -0.139. The smallest absolute Gasteiger partial charge is 0.305 e. The zero-order valence-corrected chi connectivity index (χ0v) is 9.81. The average Bonchev–Trinajstić information content (AvgIpc) is 2.26. The van der Waals surface area contributed by atoms with Crippen LogP contribution >= 0.6 is 0 Å². The molecule has 1 saturated heterocycles. The topological polar surface area (TPSA) is 74.2 Å². The van der Waals surface area contributed by atoms with Gasteiger partial charge in [0, 0.05) is 25.3 Å². The van der Waals surface area contributed by atoms with Crippen molar-refractivity contribution in [2.45, 2.75) is 24.9 Å². The van der Waals surface area contributed by atoms with E-state index >= 15 is 0 Å². The summed E-state index contributed by atoms with van der Waals surface area (Å²) in [7, 11) is 0. The number of rotatable bonds is 5. The summed E-state index contributed by atoms with van der Waals surface area (Å²) in [5.74, 6) is -0.771. The predicted molar refractivity (Wildman–Crippen MR) is 63.6 cm³/mol. The molecule has 2 heterocycles. The van der Waals surface area contributed by atoms with Crippen LogP contribution in [0.3, 0.4) is 0 Å². The third-order valence-corrected chi connectivity index (χ3v) is 3.07. The highest BCUT2D eigenvalue weighted by atomic mass is 16.4. The van der Waals surface area contributed by atoms with Crippen LogP contribution in [0.4, 0.5) is 0 Å². The lowest BCUT2D eigenvalue weighted by Gasteiger charge is -2.44. The summed E-state index contributed by atoms with van der Waals surface area (Å²) in [5, 5.41) is 15.4. The largest absolute Gasteiger partial charge is 0.481 e. The molecule has 0 aliphatic carbocycles. The van der Waals surface area contributed by atoms with Crippen LogP contribution in [-0.4, -0.2) is 34.7 Å². The minimum atomic E-state index is -0.771. The van der Waals surface area contributed by atoms with Crippen molar-refractivity contribution in [1.82, 2.24) is 15.6 Å². The van der Waals surface area contributed by atoms with Crippen LogP contribution < -0.4 is 10.6 Å². The highest BCUT2D eigenvalue weighted by Gasteiger charge is 2.40. The lowest BCUT2D eigenvalue weighted by Crippen LogP contribution is -2.68. The number of hydrogen-bond donors (Lipinski definition) is 3. The summed E-state index contributed by atoms with van der Waals surface area (Å²) in [6.45, 7) is 3.39. The van der Waals surface area contributed by atoms with Gasteiger partial charge in [0.1, 0.15) is 0 Å².